The number of nitrogens with zero attached hydrogens (tertiary/aromatic N) is 6. The number of anilines is 1. The minimum absolute atomic E-state index is 0.0351. The number of ether oxygens (including phenoxy) is 1. The van der Waals surface area contributed by atoms with E-state index in [-0.39, 0.29) is 60.4 Å². The van der Waals surface area contributed by atoms with E-state index in [4.69, 9.17) is 33.7 Å². The zero-order valence-corrected chi connectivity index (χ0v) is 24.3. The molecule has 3 aliphatic rings. The maximum absolute atomic E-state index is 14.5. The van der Waals surface area contributed by atoms with Crippen molar-refractivity contribution in [2.75, 3.05) is 32.0 Å². The van der Waals surface area contributed by atoms with Crippen molar-refractivity contribution in [1.29, 1.82) is 5.26 Å². The second-order valence-electron chi connectivity index (χ2n) is 10.9. The van der Waals surface area contributed by atoms with Gasteiger partial charge in [-0.1, -0.05) is 34.5 Å². The highest BCUT2D eigenvalue weighted by Crippen LogP contribution is 2.48. The highest BCUT2D eigenvalue weighted by molar-refractivity contribution is 7.22. The number of likely N-dealkylation sites (tertiary alicyclic amines) is 1. The van der Waals surface area contributed by atoms with Crippen LogP contribution >= 0.6 is 34.5 Å². The quantitative estimate of drug-likeness (QED) is 0.299. The molecule has 1 spiro atoms. The van der Waals surface area contributed by atoms with Crippen LogP contribution in [0.25, 0.3) is 21.3 Å². The van der Waals surface area contributed by atoms with Crippen molar-refractivity contribution in [2.24, 2.45) is 5.41 Å². The van der Waals surface area contributed by atoms with Gasteiger partial charge in [0.1, 0.15) is 11.9 Å². The number of nitriles is 1. The van der Waals surface area contributed by atoms with Gasteiger partial charge in [0, 0.05) is 61.0 Å². The minimum Gasteiger partial charge on any atom is -0.491 e. The van der Waals surface area contributed by atoms with Crippen molar-refractivity contribution in [2.45, 2.75) is 25.3 Å². The number of piperidine rings is 1. The van der Waals surface area contributed by atoms with Crippen LogP contribution in [0.2, 0.25) is 10.0 Å². The lowest BCUT2D eigenvalue weighted by molar-refractivity contribution is -0.0449. The van der Waals surface area contributed by atoms with E-state index >= 15 is 0 Å². The smallest absolute Gasteiger partial charge is 0.330 e. The van der Waals surface area contributed by atoms with E-state index in [2.05, 4.69) is 9.97 Å². The summed E-state index contributed by atoms with van der Waals surface area (Å²) in [6.07, 6.45) is 5.12. The number of benzene rings is 2. The molecular formula is C28H22Cl2FN7O3S. The standard InChI is InChI=1S/C28H22Cl2FN7O3S/c29-17-9-16-23(21(30)20(17)15-1-2-18(31)24-22(15)35-26(33)42-24)41-8-4-14-3-5-28(13-38(14)25(16)39)11-36(12-28)27(40)37-7-6-34-19(37)10-32/h1-2,6-7,9,14H,3-5,8,11-13H2,(H2,33,35). The average Bonchev–Trinajstić information content (AvgIpc) is 3.59. The molecule has 2 amide bonds. The van der Waals surface area contributed by atoms with Crippen LogP contribution in [0.5, 0.6) is 5.75 Å². The van der Waals surface area contributed by atoms with E-state index in [0.717, 1.165) is 24.2 Å². The first-order valence-corrected chi connectivity index (χ1v) is 14.8. The molecule has 1 unspecified atom stereocenters. The fourth-order valence-electron chi connectivity index (χ4n) is 6.38. The summed E-state index contributed by atoms with van der Waals surface area (Å²) in [7, 11) is 0. The molecule has 2 aromatic carbocycles. The van der Waals surface area contributed by atoms with E-state index in [0.29, 0.717) is 49.3 Å². The first kappa shape index (κ1) is 26.9. The number of fused-ring (bicyclic) bond motifs is 3. The second kappa shape index (κ2) is 9.83. The van der Waals surface area contributed by atoms with Crippen LogP contribution in [-0.4, -0.2) is 68.6 Å². The number of carbonyl (C=O) groups excluding carboxylic acids is 2. The molecule has 214 valence electrons. The summed E-state index contributed by atoms with van der Waals surface area (Å²) < 4.78 is 22.1. The van der Waals surface area contributed by atoms with Crippen LogP contribution in [0.15, 0.2) is 30.6 Å². The second-order valence-corrected chi connectivity index (χ2v) is 12.7. The number of nitrogen functional groups attached to an aromatic ring is 1. The van der Waals surface area contributed by atoms with Crippen molar-refractivity contribution in [3.63, 3.8) is 0 Å². The van der Waals surface area contributed by atoms with Gasteiger partial charge in [-0.3, -0.25) is 4.79 Å². The highest BCUT2D eigenvalue weighted by Gasteiger charge is 2.51. The van der Waals surface area contributed by atoms with Crippen LogP contribution in [-0.2, 0) is 0 Å². The molecule has 14 heteroatoms. The number of rotatable bonds is 1. The maximum Gasteiger partial charge on any atom is 0.330 e. The Labute approximate surface area is 253 Å². The minimum atomic E-state index is -0.454. The zero-order valence-electron chi connectivity index (χ0n) is 21.9. The van der Waals surface area contributed by atoms with Crippen LogP contribution in [0, 0.1) is 22.6 Å². The van der Waals surface area contributed by atoms with Gasteiger partial charge in [0.2, 0.25) is 5.82 Å². The van der Waals surface area contributed by atoms with Crippen LogP contribution in [0.4, 0.5) is 14.3 Å². The molecule has 0 saturated carbocycles. The molecular weight excluding hydrogens is 604 g/mol. The summed E-state index contributed by atoms with van der Waals surface area (Å²) in [6.45, 7) is 1.72. The van der Waals surface area contributed by atoms with Gasteiger partial charge in [-0.2, -0.15) is 5.26 Å². The zero-order chi connectivity index (χ0) is 29.3. The number of thiazole rings is 1. The van der Waals surface area contributed by atoms with E-state index in [1.807, 2.05) is 11.0 Å². The van der Waals surface area contributed by atoms with Crippen LogP contribution in [0.1, 0.15) is 35.4 Å². The van der Waals surface area contributed by atoms with Gasteiger partial charge >= 0.3 is 6.03 Å². The number of hydrogen-bond acceptors (Lipinski definition) is 8. The molecule has 1 atom stereocenters. The lowest BCUT2D eigenvalue weighted by Crippen LogP contribution is -2.67. The van der Waals surface area contributed by atoms with Crippen molar-refractivity contribution in [1.82, 2.24) is 24.3 Å². The van der Waals surface area contributed by atoms with Gasteiger partial charge in [-0.25, -0.2) is 23.7 Å². The predicted octanol–water partition coefficient (Wildman–Crippen LogP) is 5.42. The van der Waals surface area contributed by atoms with E-state index < -0.39 is 5.82 Å². The Morgan fingerprint density at radius 3 is 2.83 bits per heavy atom. The van der Waals surface area contributed by atoms with Crippen LogP contribution < -0.4 is 10.5 Å². The van der Waals surface area contributed by atoms with Crippen molar-refractivity contribution in [3.8, 4) is 22.9 Å². The summed E-state index contributed by atoms with van der Waals surface area (Å²) in [6, 6.07) is 5.98. The number of nitrogens with two attached hydrogens (primary N) is 1. The average molecular weight is 627 g/mol. The Bertz CT molecular complexity index is 1840. The monoisotopic (exact) mass is 625 g/mol. The molecule has 2 saturated heterocycles. The molecule has 5 heterocycles. The fraction of sp³-hybridized carbons (Fsp3) is 0.321. The lowest BCUT2D eigenvalue weighted by atomic mass is 9.71. The highest BCUT2D eigenvalue weighted by atomic mass is 35.5. The summed E-state index contributed by atoms with van der Waals surface area (Å²) in [4.78, 5) is 38.8. The number of imidazole rings is 1. The van der Waals surface area contributed by atoms with Crippen LogP contribution in [0.3, 0.4) is 0 Å². The third-order valence-electron chi connectivity index (χ3n) is 8.37. The third-order valence-corrected chi connectivity index (χ3v) is 9.92. The predicted molar refractivity (Wildman–Crippen MR) is 155 cm³/mol. The Kier molecular flexibility index (Phi) is 6.31. The number of carbonyl (C=O) groups is 2. The number of amides is 2. The van der Waals surface area contributed by atoms with Gasteiger partial charge in [0.05, 0.1) is 32.4 Å². The van der Waals surface area contributed by atoms with Crippen molar-refractivity contribution < 1.29 is 18.7 Å². The number of aromatic nitrogens is 3. The Hall–Kier alpha value is -3.92. The van der Waals surface area contributed by atoms with Crippen molar-refractivity contribution >= 4 is 61.8 Å². The normalized spacial score (nSPS) is 19.4. The molecule has 0 bridgehead atoms. The van der Waals surface area contributed by atoms with Gasteiger partial charge in [0.25, 0.3) is 5.91 Å². The van der Waals surface area contributed by atoms with Gasteiger partial charge in [-0.05, 0) is 31.0 Å². The van der Waals surface area contributed by atoms with Gasteiger partial charge in [-0.15, -0.1) is 0 Å². The molecule has 0 aliphatic carbocycles. The summed E-state index contributed by atoms with van der Waals surface area (Å²) in [5.74, 6) is -0.454. The maximum atomic E-state index is 14.5. The SMILES string of the molecule is N#Cc1nccn1C(=O)N1CC2(CCC3CCOc4c(cc(Cl)c(-c5ccc(F)c6sc(N)nc56)c4Cl)C(=O)N3C2)C1. The summed E-state index contributed by atoms with van der Waals surface area (Å²) in [5.41, 5.74) is 7.07. The molecule has 7 rings (SSSR count). The topological polar surface area (TPSA) is 130 Å². The van der Waals surface area contributed by atoms with E-state index in [1.165, 1.54) is 23.0 Å². The van der Waals surface area contributed by atoms with Gasteiger partial charge in [0.15, 0.2) is 10.9 Å². The largest absolute Gasteiger partial charge is 0.491 e. The van der Waals surface area contributed by atoms with E-state index in [1.54, 1.807) is 17.0 Å². The Morgan fingerprint density at radius 1 is 1.24 bits per heavy atom. The molecule has 2 fully saturated rings. The number of hydrogen-bond donors (Lipinski definition) is 1. The fourth-order valence-corrected chi connectivity index (χ4v) is 7.86. The molecule has 2 N–H and O–H groups in total. The summed E-state index contributed by atoms with van der Waals surface area (Å²) >= 11 is 14.7. The Morgan fingerprint density at radius 2 is 2.05 bits per heavy atom. The van der Waals surface area contributed by atoms with E-state index in [9.17, 15) is 19.2 Å². The number of halogens is 3. The first-order valence-electron chi connectivity index (χ1n) is 13.2. The molecule has 42 heavy (non-hydrogen) atoms. The summed E-state index contributed by atoms with van der Waals surface area (Å²) in [5, 5.41) is 9.79. The molecule has 2 aromatic heterocycles. The molecule has 4 aromatic rings. The molecule has 10 nitrogen and oxygen atoms in total. The molecule has 0 radical (unpaired) electrons. The Balaban J connectivity index is 1.20. The lowest BCUT2D eigenvalue weighted by Gasteiger charge is -2.56. The third kappa shape index (κ3) is 4.10. The van der Waals surface area contributed by atoms with Crippen molar-refractivity contribution in [3.05, 3.63) is 57.8 Å². The first-order chi connectivity index (χ1) is 20.2. The molecule has 3 aliphatic heterocycles. The van der Waals surface area contributed by atoms with Gasteiger partial charge < -0.3 is 20.3 Å².